The van der Waals surface area contributed by atoms with Crippen LogP contribution in [0.4, 0.5) is 4.79 Å². The number of carbonyl (C=O) groups is 3. The molecule has 11 heteroatoms. The van der Waals surface area contributed by atoms with Crippen molar-refractivity contribution in [1.82, 2.24) is 30.3 Å². The van der Waals surface area contributed by atoms with E-state index in [0.29, 0.717) is 31.6 Å². The van der Waals surface area contributed by atoms with Gasteiger partial charge in [0.1, 0.15) is 16.8 Å². The second kappa shape index (κ2) is 8.87. The standard InChI is InChI=1S/C22H30N6O5/c1-22(2,3)33-21(32)27-9-7-13(8-10-27)16-11-17(29)24-18-15(12-23-28(16)18)20(31)26-25-19(30)14-5-4-6-14/h11-14H,4-10H2,1-3H3,(H,24,29)(H,25,30)(H,26,31). The van der Waals surface area contributed by atoms with Crippen LogP contribution < -0.4 is 16.4 Å². The summed E-state index contributed by atoms with van der Waals surface area (Å²) in [5.74, 6) is -0.836. The second-order valence-corrected chi connectivity index (χ2v) is 9.69. The fourth-order valence-electron chi connectivity index (χ4n) is 4.11. The number of nitrogens with zero attached hydrogens (tertiary/aromatic N) is 3. The van der Waals surface area contributed by atoms with E-state index in [1.54, 1.807) is 9.42 Å². The molecule has 0 spiro atoms. The Hall–Kier alpha value is -3.37. The largest absolute Gasteiger partial charge is 0.444 e. The summed E-state index contributed by atoms with van der Waals surface area (Å²) in [5.41, 5.74) is 5.05. The molecule has 178 valence electrons. The second-order valence-electron chi connectivity index (χ2n) is 9.69. The number of rotatable bonds is 3. The van der Waals surface area contributed by atoms with Crippen LogP contribution in [0.3, 0.4) is 0 Å². The summed E-state index contributed by atoms with van der Waals surface area (Å²) in [5, 5.41) is 4.32. The zero-order valence-electron chi connectivity index (χ0n) is 19.1. The maximum atomic E-state index is 12.6. The zero-order chi connectivity index (χ0) is 23.8. The van der Waals surface area contributed by atoms with Gasteiger partial charge in [-0.05, 0) is 46.5 Å². The molecule has 2 aromatic heterocycles. The van der Waals surface area contributed by atoms with Crippen molar-refractivity contribution in [3.05, 3.63) is 33.9 Å². The van der Waals surface area contributed by atoms with Crippen molar-refractivity contribution in [3.63, 3.8) is 0 Å². The number of piperidine rings is 1. The third-order valence-electron chi connectivity index (χ3n) is 6.12. The van der Waals surface area contributed by atoms with Crippen LogP contribution in [0.25, 0.3) is 5.65 Å². The Labute approximate surface area is 190 Å². The topological polar surface area (TPSA) is 138 Å². The van der Waals surface area contributed by atoms with Crippen molar-refractivity contribution in [3.8, 4) is 0 Å². The van der Waals surface area contributed by atoms with Crippen molar-refractivity contribution in [2.45, 2.75) is 64.4 Å². The van der Waals surface area contributed by atoms with Gasteiger partial charge in [0.05, 0.1) is 11.9 Å². The third kappa shape index (κ3) is 5.01. The molecule has 2 aromatic rings. The Kier molecular flexibility index (Phi) is 6.13. The number of likely N-dealkylation sites (tertiary alicyclic amines) is 1. The highest BCUT2D eigenvalue weighted by Crippen LogP contribution is 2.29. The number of hydrogen-bond acceptors (Lipinski definition) is 6. The Morgan fingerprint density at radius 2 is 1.82 bits per heavy atom. The van der Waals surface area contributed by atoms with Crippen LogP contribution >= 0.6 is 0 Å². The van der Waals surface area contributed by atoms with Crippen LogP contribution in [0.1, 0.15) is 74.8 Å². The number of H-pyrrole nitrogens is 1. The summed E-state index contributed by atoms with van der Waals surface area (Å²) in [4.78, 5) is 53.6. The first-order chi connectivity index (χ1) is 15.6. The van der Waals surface area contributed by atoms with Crippen molar-refractivity contribution < 1.29 is 19.1 Å². The lowest BCUT2D eigenvalue weighted by atomic mass is 9.85. The molecule has 0 aromatic carbocycles. The number of hydrogen-bond donors (Lipinski definition) is 3. The van der Waals surface area contributed by atoms with Gasteiger partial charge in [-0.3, -0.25) is 25.2 Å². The molecular weight excluding hydrogens is 428 g/mol. The molecule has 0 bridgehead atoms. The molecule has 11 nitrogen and oxygen atoms in total. The maximum Gasteiger partial charge on any atom is 0.410 e. The van der Waals surface area contributed by atoms with Gasteiger partial charge >= 0.3 is 6.09 Å². The highest BCUT2D eigenvalue weighted by Gasteiger charge is 2.30. The molecule has 1 saturated carbocycles. The molecule has 3 N–H and O–H groups in total. The van der Waals surface area contributed by atoms with E-state index in [0.717, 1.165) is 19.3 Å². The van der Waals surface area contributed by atoms with Crippen LogP contribution in [-0.2, 0) is 9.53 Å². The summed E-state index contributed by atoms with van der Waals surface area (Å²) in [6.45, 7) is 6.48. The number of aromatic nitrogens is 3. The summed E-state index contributed by atoms with van der Waals surface area (Å²) >= 11 is 0. The predicted octanol–water partition coefficient (Wildman–Crippen LogP) is 1.70. The van der Waals surface area contributed by atoms with Crippen LogP contribution in [0.15, 0.2) is 17.1 Å². The van der Waals surface area contributed by atoms with Crippen LogP contribution in [0.5, 0.6) is 0 Å². The average Bonchev–Trinajstić information content (AvgIpc) is 3.13. The smallest absolute Gasteiger partial charge is 0.410 e. The van der Waals surface area contributed by atoms with Gasteiger partial charge in [0.15, 0.2) is 0 Å². The fourth-order valence-corrected chi connectivity index (χ4v) is 4.11. The highest BCUT2D eigenvalue weighted by molar-refractivity contribution is 6.00. The van der Waals surface area contributed by atoms with Crippen LogP contribution in [0.2, 0.25) is 0 Å². The monoisotopic (exact) mass is 458 g/mol. The molecule has 1 aliphatic carbocycles. The van der Waals surface area contributed by atoms with E-state index in [9.17, 15) is 19.2 Å². The predicted molar refractivity (Wildman–Crippen MR) is 119 cm³/mol. The minimum Gasteiger partial charge on any atom is -0.444 e. The quantitative estimate of drug-likeness (QED) is 0.599. The Balaban J connectivity index is 1.46. The molecule has 1 saturated heterocycles. The van der Waals surface area contributed by atoms with Crippen molar-refractivity contribution in [1.29, 1.82) is 0 Å². The minimum atomic E-state index is -0.559. The normalized spacial score (nSPS) is 17.5. The molecule has 4 rings (SSSR count). The van der Waals surface area contributed by atoms with E-state index in [1.807, 2.05) is 20.8 Å². The number of carbonyl (C=O) groups excluding carboxylic acids is 3. The minimum absolute atomic E-state index is 0.0115. The van der Waals surface area contributed by atoms with Gasteiger partial charge in [0.2, 0.25) is 5.91 Å². The number of hydrazine groups is 1. The van der Waals surface area contributed by atoms with Gasteiger partial charge in [0.25, 0.3) is 11.5 Å². The SMILES string of the molecule is CC(C)(C)OC(=O)N1CCC(c2cc(=O)[nH]c3c(C(=O)NNC(=O)C4CCC4)cnn23)CC1. The van der Waals surface area contributed by atoms with E-state index < -0.39 is 11.5 Å². The molecule has 0 atom stereocenters. The zero-order valence-corrected chi connectivity index (χ0v) is 19.1. The van der Waals surface area contributed by atoms with Gasteiger partial charge in [0, 0.05) is 31.0 Å². The molecule has 0 radical (unpaired) electrons. The average molecular weight is 459 g/mol. The van der Waals surface area contributed by atoms with Crippen molar-refractivity contribution in [2.75, 3.05) is 13.1 Å². The first-order valence-electron chi connectivity index (χ1n) is 11.3. The fraction of sp³-hybridized carbons (Fsp3) is 0.591. The molecule has 1 aliphatic heterocycles. The molecule has 2 aliphatic rings. The lowest BCUT2D eigenvalue weighted by Gasteiger charge is -2.33. The van der Waals surface area contributed by atoms with E-state index in [-0.39, 0.29) is 40.6 Å². The van der Waals surface area contributed by atoms with Gasteiger partial charge in [-0.15, -0.1) is 0 Å². The maximum absolute atomic E-state index is 12.6. The lowest BCUT2D eigenvalue weighted by molar-refractivity contribution is -0.128. The van der Waals surface area contributed by atoms with E-state index in [2.05, 4.69) is 20.9 Å². The van der Waals surface area contributed by atoms with Gasteiger partial charge < -0.3 is 14.6 Å². The Morgan fingerprint density at radius 3 is 2.42 bits per heavy atom. The van der Waals surface area contributed by atoms with Gasteiger partial charge in [-0.25, -0.2) is 9.31 Å². The molecule has 3 heterocycles. The van der Waals surface area contributed by atoms with Gasteiger partial charge in [-0.1, -0.05) is 6.42 Å². The third-order valence-corrected chi connectivity index (χ3v) is 6.12. The highest BCUT2D eigenvalue weighted by atomic mass is 16.6. The molecule has 0 unspecified atom stereocenters. The van der Waals surface area contributed by atoms with E-state index in [4.69, 9.17) is 4.74 Å². The molecular formula is C22H30N6O5. The summed E-state index contributed by atoms with van der Waals surface area (Å²) in [6.07, 6.45) is 4.95. The summed E-state index contributed by atoms with van der Waals surface area (Å²) in [6, 6.07) is 1.48. The number of aromatic amines is 1. The number of ether oxygens (including phenoxy) is 1. The van der Waals surface area contributed by atoms with E-state index in [1.165, 1.54) is 12.3 Å². The van der Waals surface area contributed by atoms with Crippen molar-refractivity contribution >= 4 is 23.6 Å². The number of amides is 3. The van der Waals surface area contributed by atoms with Crippen LogP contribution in [0, 0.1) is 5.92 Å². The molecule has 2 fully saturated rings. The number of fused-ring (bicyclic) bond motifs is 1. The molecule has 3 amide bonds. The van der Waals surface area contributed by atoms with Crippen LogP contribution in [-0.4, -0.2) is 56.1 Å². The van der Waals surface area contributed by atoms with Crippen molar-refractivity contribution in [2.24, 2.45) is 5.92 Å². The molecule has 33 heavy (non-hydrogen) atoms. The summed E-state index contributed by atoms with van der Waals surface area (Å²) < 4.78 is 7.00. The Morgan fingerprint density at radius 1 is 1.12 bits per heavy atom. The Bertz CT molecular complexity index is 1120. The number of nitrogens with one attached hydrogen (secondary N) is 3. The first-order valence-corrected chi connectivity index (χ1v) is 11.3. The van der Waals surface area contributed by atoms with Gasteiger partial charge in [-0.2, -0.15) is 5.10 Å². The first kappa shape index (κ1) is 22.8. The lowest BCUT2D eigenvalue weighted by Crippen LogP contribution is -2.46. The summed E-state index contributed by atoms with van der Waals surface area (Å²) in [7, 11) is 0. The van der Waals surface area contributed by atoms with E-state index >= 15 is 0 Å².